The lowest BCUT2D eigenvalue weighted by molar-refractivity contribution is -0.142. The number of halogens is 2. The van der Waals surface area contributed by atoms with Gasteiger partial charge in [-0.15, -0.1) is 24.8 Å². The maximum Gasteiger partial charge on any atom is 0.251 e. The molecule has 2 rings (SSSR count). The molecule has 2 aliphatic rings. The van der Waals surface area contributed by atoms with Gasteiger partial charge in [-0.25, -0.2) is 0 Å². The van der Waals surface area contributed by atoms with Crippen LogP contribution in [0.4, 0.5) is 0 Å². The summed E-state index contributed by atoms with van der Waals surface area (Å²) < 4.78 is 5.73. The normalized spacial score (nSPS) is 23.6. The number of nitrogens with zero attached hydrogens (tertiary/aromatic N) is 3. The van der Waals surface area contributed by atoms with E-state index in [2.05, 4.69) is 4.90 Å². The van der Waals surface area contributed by atoms with Crippen molar-refractivity contribution in [3.05, 3.63) is 0 Å². The Kier molecular flexibility index (Phi) is 12.4. The van der Waals surface area contributed by atoms with Crippen molar-refractivity contribution in [2.75, 3.05) is 52.4 Å². The van der Waals surface area contributed by atoms with Crippen LogP contribution in [0.1, 0.15) is 33.1 Å². The van der Waals surface area contributed by atoms with E-state index in [0.29, 0.717) is 19.6 Å². The fraction of sp³-hybridized carbons (Fsp3) is 0.882. The smallest absolute Gasteiger partial charge is 0.251 e. The summed E-state index contributed by atoms with van der Waals surface area (Å²) in [6, 6.07) is 0. The van der Waals surface area contributed by atoms with E-state index in [0.717, 1.165) is 52.0 Å². The molecule has 0 aromatic carbocycles. The summed E-state index contributed by atoms with van der Waals surface area (Å²) in [5.41, 5.74) is 5.62. The van der Waals surface area contributed by atoms with Crippen molar-refractivity contribution in [1.29, 1.82) is 0 Å². The Morgan fingerprint density at radius 3 is 2.35 bits per heavy atom. The van der Waals surface area contributed by atoms with Crippen LogP contribution in [0.3, 0.4) is 0 Å². The van der Waals surface area contributed by atoms with E-state index in [1.54, 1.807) is 0 Å². The van der Waals surface area contributed by atoms with Gasteiger partial charge in [0.1, 0.15) is 6.10 Å². The van der Waals surface area contributed by atoms with Gasteiger partial charge in [0, 0.05) is 45.8 Å². The SMILES string of the molecule is CCN(CC)C(=O)CN1CCCN(C(=O)[C@@H]2CC[C@H](CN)O2)CC1.Cl.Cl. The molecule has 2 amide bonds. The molecule has 9 heteroatoms. The first-order valence-corrected chi connectivity index (χ1v) is 9.23. The monoisotopic (exact) mass is 412 g/mol. The zero-order chi connectivity index (χ0) is 17.5. The summed E-state index contributed by atoms with van der Waals surface area (Å²) in [5, 5.41) is 0. The molecule has 0 aromatic rings. The van der Waals surface area contributed by atoms with Crippen molar-refractivity contribution in [2.24, 2.45) is 5.73 Å². The predicted octanol–water partition coefficient (Wildman–Crippen LogP) is 0.739. The molecule has 0 bridgehead atoms. The lowest BCUT2D eigenvalue weighted by Crippen LogP contribution is -2.43. The van der Waals surface area contributed by atoms with Crippen LogP contribution in [0.5, 0.6) is 0 Å². The molecule has 0 spiro atoms. The second-order valence-corrected chi connectivity index (χ2v) is 6.58. The molecular weight excluding hydrogens is 379 g/mol. The highest BCUT2D eigenvalue weighted by atomic mass is 35.5. The number of hydrogen-bond donors (Lipinski definition) is 1. The maximum absolute atomic E-state index is 12.6. The number of hydrogen-bond acceptors (Lipinski definition) is 5. The van der Waals surface area contributed by atoms with E-state index in [-0.39, 0.29) is 48.8 Å². The van der Waals surface area contributed by atoms with Crippen LogP contribution >= 0.6 is 24.8 Å². The van der Waals surface area contributed by atoms with E-state index in [4.69, 9.17) is 10.5 Å². The summed E-state index contributed by atoms with van der Waals surface area (Å²) in [4.78, 5) is 30.8. The molecule has 2 saturated heterocycles. The van der Waals surface area contributed by atoms with Gasteiger partial charge in [0.25, 0.3) is 5.91 Å². The minimum absolute atomic E-state index is 0. The largest absolute Gasteiger partial charge is 0.364 e. The number of carbonyl (C=O) groups is 2. The van der Waals surface area contributed by atoms with Crippen LogP contribution in [0.25, 0.3) is 0 Å². The van der Waals surface area contributed by atoms with Crippen LogP contribution in [0.15, 0.2) is 0 Å². The van der Waals surface area contributed by atoms with E-state index >= 15 is 0 Å². The van der Waals surface area contributed by atoms with Gasteiger partial charge < -0.3 is 20.3 Å². The molecule has 2 fully saturated rings. The zero-order valence-corrected chi connectivity index (χ0v) is 17.5. The Bertz CT molecular complexity index is 438. The number of amides is 2. The molecule has 2 atom stereocenters. The van der Waals surface area contributed by atoms with Crippen LogP contribution < -0.4 is 5.73 Å². The first-order chi connectivity index (χ1) is 11.6. The van der Waals surface area contributed by atoms with Crippen LogP contribution in [0.2, 0.25) is 0 Å². The molecule has 154 valence electrons. The molecular formula is C17H34Cl2N4O3. The van der Waals surface area contributed by atoms with Crippen LogP contribution in [-0.4, -0.2) is 91.1 Å². The first-order valence-electron chi connectivity index (χ1n) is 9.23. The van der Waals surface area contributed by atoms with Crippen LogP contribution in [0, 0.1) is 0 Å². The lowest BCUT2D eigenvalue weighted by Gasteiger charge is -2.26. The molecule has 0 unspecified atom stereocenters. The highest BCUT2D eigenvalue weighted by molar-refractivity contribution is 5.85. The van der Waals surface area contributed by atoms with Gasteiger partial charge in [-0.3, -0.25) is 14.5 Å². The summed E-state index contributed by atoms with van der Waals surface area (Å²) >= 11 is 0. The molecule has 2 aliphatic heterocycles. The summed E-state index contributed by atoms with van der Waals surface area (Å²) in [6.45, 7) is 9.41. The molecule has 0 saturated carbocycles. The molecule has 0 aliphatic carbocycles. The average Bonchev–Trinajstić information content (AvgIpc) is 2.95. The third-order valence-electron chi connectivity index (χ3n) is 5.02. The highest BCUT2D eigenvalue weighted by Gasteiger charge is 2.33. The van der Waals surface area contributed by atoms with Gasteiger partial charge in [-0.05, 0) is 33.1 Å². The Morgan fingerprint density at radius 1 is 1.08 bits per heavy atom. The van der Waals surface area contributed by atoms with E-state index < -0.39 is 0 Å². The van der Waals surface area contributed by atoms with Crippen molar-refractivity contribution in [2.45, 2.75) is 45.3 Å². The quantitative estimate of drug-likeness (QED) is 0.695. The van der Waals surface area contributed by atoms with Gasteiger partial charge in [0.15, 0.2) is 0 Å². The van der Waals surface area contributed by atoms with Crippen molar-refractivity contribution < 1.29 is 14.3 Å². The molecule has 2 heterocycles. The second-order valence-electron chi connectivity index (χ2n) is 6.58. The lowest BCUT2D eigenvalue weighted by atomic mass is 10.2. The number of rotatable bonds is 6. The van der Waals surface area contributed by atoms with Crippen molar-refractivity contribution in [3.8, 4) is 0 Å². The minimum atomic E-state index is -0.331. The Morgan fingerprint density at radius 2 is 1.77 bits per heavy atom. The topological polar surface area (TPSA) is 79.1 Å². The fourth-order valence-corrected chi connectivity index (χ4v) is 3.48. The molecule has 26 heavy (non-hydrogen) atoms. The standard InChI is InChI=1S/C17H32N4O3.2ClH/c1-3-20(4-2)16(22)13-19-8-5-9-21(11-10-19)17(23)15-7-6-14(12-18)24-15;;/h14-15H,3-13,18H2,1-2H3;2*1H/t14-,15+;;/m1../s1. The van der Waals surface area contributed by atoms with Gasteiger partial charge >= 0.3 is 0 Å². The average molecular weight is 413 g/mol. The Hall–Kier alpha value is -0.600. The number of carbonyl (C=O) groups excluding carboxylic acids is 2. The maximum atomic E-state index is 12.6. The van der Waals surface area contributed by atoms with Crippen molar-refractivity contribution >= 4 is 36.6 Å². The van der Waals surface area contributed by atoms with E-state index in [9.17, 15) is 9.59 Å². The molecule has 0 radical (unpaired) electrons. The van der Waals surface area contributed by atoms with Crippen LogP contribution in [-0.2, 0) is 14.3 Å². The van der Waals surface area contributed by atoms with Crippen molar-refractivity contribution in [3.63, 3.8) is 0 Å². The molecule has 2 N–H and O–H groups in total. The highest BCUT2D eigenvalue weighted by Crippen LogP contribution is 2.21. The summed E-state index contributed by atoms with van der Waals surface area (Å²) in [7, 11) is 0. The zero-order valence-electron chi connectivity index (χ0n) is 15.9. The second kappa shape index (κ2) is 12.7. The molecule has 7 nitrogen and oxygen atoms in total. The van der Waals surface area contributed by atoms with Gasteiger partial charge in [0.2, 0.25) is 5.91 Å². The van der Waals surface area contributed by atoms with Crippen molar-refractivity contribution in [1.82, 2.24) is 14.7 Å². The summed E-state index contributed by atoms with van der Waals surface area (Å²) in [5.74, 6) is 0.257. The number of likely N-dealkylation sites (N-methyl/N-ethyl adjacent to an activating group) is 1. The summed E-state index contributed by atoms with van der Waals surface area (Å²) in [6.07, 6.45) is 2.22. The number of ether oxygens (including phenoxy) is 1. The first kappa shape index (κ1) is 25.4. The predicted molar refractivity (Wildman–Crippen MR) is 107 cm³/mol. The Balaban J connectivity index is 0.00000312. The molecule has 0 aromatic heterocycles. The van der Waals surface area contributed by atoms with Gasteiger partial charge in [-0.2, -0.15) is 0 Å². The van der Waals surface area contributed by atoms with E-state index in [1.165, 1.54) is 0 Å². The Labute approximate surface area is 169 Å². The minimum Gasteiger partial charge on any atom is -0.364 e. The van der Waals surface area contributed by atoms with Gasteiger partial charge in [-0.1, -0.05) is 0 Å². The fourth-order valence-electron chi connectivity index (χ4n) is 3.48. The third-order valence-corrected chi connectivity index (χ3v) is 5.02. The number of nitrogens with two attached hydrogens (primary N) is 1. The van der Waals surface area contributed by atoms with E-state index in [1.807, 2.05) is 23.6 Å². The third kappa shape index (κ3) is 6.85. The van der Waals surface area contributed by atoms with Gasteiger partial charge in [0.05, 0.1) is 12.6 Å².